The smallest absolute Gasteiger partial charge is 0.310 e. The van der Waals surface area contributed by atoms with Crippen LogP contribution < -0.4 is 0 Å². The Morgan fingerprint density at radius 2 is 2.32 bits per heavy atom. The molecule has 0 N–H and O–H groups in total. The van der Waals surface area contributed by atoms with Gasteiger partial charge < -0.3 is 9.64 Å². The van der Waals surface area contributed by atoms with Gasteiger partial charge in [-0.15, -0.1) is 0 Å². The second-order valence-electron chi connectivity index (χ2n) is 4.46. The Labute approximate surface area is 110 Å². The fourth-order valence-corrected chi connectivity index (χ4v) is 2.24. The Balaban J connectivity index is 2.11. The number of carbonyl (C=O) groups excluding carboxylic acids is 2. The molecule has 6 heteroatoms. The molecule has 5 nitrogen and oxygen atoms in total. The van der Waals surface area contributed by atoms with Crippen LogP contribution in [0, 0.1) is 11.9 Å². The van der Waals surface area contributed by atoms with Crippen LogP contribution in [0.3, 0.4) is 0 Å². The van der Waals surface area contributed by atoms with Gasteiger partial charge in [0.1, 0.15) is 0 Å². The third-order valence-electron chi connectivity index (χ3n) is 3.23. The summed E-state index contributed by atoms with van der Waals surface area (Å²) in [7, 11) is 1.32. The van der Waals surface area contributed by atoms with Crippen molar-refractivity contribution in [1.82, 2.24) is 9.88 Å². The van der Waals surface area contributed by atoms with Crippen molar-refractivity contribution in [2.24, 2.45) is 5.92 Å². The van der Waals surface area contributed by atoms with E-state index in [9.17, 15) is 14.0 Å². The van der Waals surface area contributed by atoms with Crippen LogP contribution >= 0.6 is 0 Å². The Kier molecular flexibility index (Phi) is 4.09. The number of methoxy groups -OCH3 is 1. The van der Waals surface area contributed by atoms with E-state index in [2.05, 4.69) is 9.72 Å². The number of carbonyl (C=O) groups is 2. The average Bonchev–Trinajstić information content (AvgIpc) is 2.46. The van der Waals surface area contributed by atoms with Crippen molar-refractivity contribution in [3.05, 3.63) is 29.8 Å². The highest BCUT2D eigenvalue weighted by Crippen LogP contribution is 2.20. The Bertz CT molecular complexity index is 493. The number of halogens is 1. The largest absolute Gasteiger partial charge is 0.469 e. The fourth-order valence-electron chi connectivity index (χ4n) is 2.24. The molecule has 2 heterocycles. The van der Waals surface area contributed by atoms with Gasteiger partial charge in [-0.25, -0.2) is 4.98 Å². The van der Waals surface area contributed by atoms with Gasteiger partial charge in [0.25, 0.3) is 5.91 Å². The van der Waals surface area contributed by atoms with E-state index in [0.717, 1.165) is 0 Å². The molecular weight excluding hydrogens is 251 g/mol. The van der Waals surface area contributed by atoms with Gasteiger partial charge in [-0.3, -0.25) is 9.59 Å². The molecule has 1 atom stereocenters. The molecular formula is C13H15FN2O3. The maximum Gasteiger partial charge on any atom is 0.310 e. The number of aromatic nitrogens is 1. The first kappa shape index (κ1) is 13.5. The number of amides is 1. The second-order valence-corrected chi connectivity index (χ2v) is 4.46. The first-order chi connectivity index (χ1) is 9.13. The van der Waals surface area contributed by atoms with E-state index in [4.69, 9.17) is 0 Å². The summed E-state index contributed by atoms with van der Waals surface area (Å²) in [5.41, 5.74) is -0.0620. The number of esters is 1. The Hall–Kier alpha value is -1.98. The zero-order valence-corrected chi connectivity index (χ0v) is 10.6. The van der Waals surface area contributed by atoms with Crippen LogP contribution in [0.1, 0.15) is 23.2 Å². The number of piperidine rings is 1. The standard InChI is InChI=1S/C13H15FN2O3/c1-19-13(18)9-4-3-7-16(8-9)12(17)10-5-2-6-15-11(10)14/h2,5-6,9H,3-4,7-8H2,1H3. The summed E-state index contributed by atoms with van der Waals surface area (Å²) >= 11 is 0. The third-order valence-corrected chi connectivity index (χ3v) is 3.23. The van der Waals surface area contributed by atoms with Crippen molar-refractivity contribution in [2.45, 2.75) is 12.8 Å². The molecule has 1 aromatic heterocycles. The normalized spacial score (nSPS) is 19.1. The van der Waals surface area contributed by atoms with E-state index in [-0.39, 0.29) is 24.0 Å². The number of hydrogen-bond donors (Lipinski definition) is 0. The van der Waals surface area contributed by atoms with Crippen molar-refractivity contribution in [3.63, 3.8) is 0 Å². The van der Waals surface area contributed by atoms with E-state index >= 15 is 0 Å². The predicted molar refractivity (Wildman–Crippen MR) is 64.8 cm³/mol. The zero-order chi connectivity index (χ0) is 13.8. The molecule has 0 saturated carbocycles. The van der Waals surface area contributed by atoms with E-state index in [1.807, 2.05) is 0 Å². The first-order valence-electron chi connectivity index (χ1n) is 6.11. The molecule has 0 spiro atoms. The highest BCUT2D eigenvalue weighted by molar-refractivity contribution is 5.94. The average molecular weight is 266 g/mol. The van der Waals surface area contributed by atoms with Crippen LogP contribution in [0.4, 0.5) is 4.39 Å². The predicted octanol–water partition coefficient (Wildman–Crippen LogP) is 1.25. The van der Waals surface area contributed by atoms with E-state index in [0.29, 0.717) is 19.4 Å². The number of pyridine rings is 1. The molecule has 0 radical (unpaired) electrons. The first-order valence-corrected chi connectivity index (χ1v) is 6.11. The number of likely N-dealkylation sites (tertiary alicyclic amines) is 1. The topological polar surface area (TPSA) is 59.5 Å². The lowest BCUT2D eigenvalue weighted by Crippen LogP contribution is -2.43. The molecule has 102 valence electrons. The molecule has 0 aliphatic carbocycles. The quantitative estimate of drug-likeness (QED) is 0.597. The lowest BCUT2D eigenvalue weighted by Gasteiger charge is -2.31. The second kappa shape index (κ2) is 5.77. The summed E-state index contributed by atoms with van der Waals surface area (Å²) in [4.78, 5) is 28.6. The van der Waals surface area contributed by atoms with Crippen molar-refractivity contribution in [3.8, 4) is 0 Å². The minimum absolute atomic E-state index is 0.0620. The Morgan fingerprint density at radius 3 is 3.00 bits per heavy atom. The maximum atomic E-state index is 13.5. The minimum atomic E-state index is -0.785. The van der Waals surface area contributed by atoms with Gasteiger partial charge in [0, 0.05) is 19.3 Å². The molecule has 1 amide bonds. The minimum Gasteiger partial charge on any atom is -0.469 e. The van der Waals surface area contributed by atoms with Crippen LogP contribution in [0.15, 0.2) is 18.3 Å². The molecule has 19 heavy (non-hydrogen) atoms. The van der Waals surface area contributed by atoms with Crippen molar-refractivity contribution in [1.29, 1.82) is 0 Å². The van der Waals surface area contributed by atoms with Crippen LogP contribution in [0.25, 0.3) is 0 Å². The fraction of sp³-hybridized carbons (Fsp3) is 0.462. The highest BCUT2D eigenvalue weighted by atomic mass is 19.1. The summed E-state index contributed by atoms with van der Waals surface area (Å²) < 4.78 is 18.2. The molecule has 0 bridgehead atoms. The van der Waals surface area contributed by atoms with Crippen LogP contribution in [-0.4, -0.2) is 42.0 Å². The molecule has 1 unspecified atom stereocenters. The monoisotopic (exact) mass is 266 g/mol. The number of hydrogen-bond acceptors (Lipinski definition) is 4. The number of rotatable bonds is 2. The summed E-state index contributed by atoms with van der Waals surface area (Å²) in [6.07, 6.45) is 2.68. The molecule has 0 aromatic carbocycles. The molecule has 1 aliphatic rings. The highest BCUT2D eigenvalue weighted by Gasteiger charge is 2.30. The molecule has 2 rings (SSSR count). The summed E-state index contributed by atoms with van der Waals surface area (Å²) in [6.45, 7) is 0.778. The van der Waals surface area contributed by atoms with Crippen molar-refractivity contribution in [2.75, 3.05) is 20.2 Å². The van der Waals surface area contributed by atoms with E-state index in [1.54, 1.807) is 0 Å². The van der Waals surface area contributed by atoms with Gasteiger partial charge in [0.2, 0.25) is 5.95 Å². The van der Waals surface area contributed by atoms with E-state index in [1.165, 1.54) is 30.3 Å². The summed E-state index contributed by atoms with van der Waals surface area (Å²) in [5.74, 6) is -1.88. The lowest BCUT2D eigenvalue weighted by molar-refractivity contribution is -0.146. The van der Waals surface area contributed by atoms with Gasteiger partial charge in [0.05, 0.1) is 18.6 Å². The summed E-state index contributed by atoms with van der Waals surface area (Å²) in [6, 6.07) is 2.91. The molecule has 1 fully saturated rings. The van der Waals surface area contributed by atoms with Gasteiger partial charge in [-0.1, -0.05) is 0 Å². The van der Waals surface area contributed by atoms with Gasteiger partial charge >= 0.3 is 5.97 Å². The SMILES string of the molecule is COC(=O)C1CCCN(C(=O)c2cccnc2F)C1. The third kappa shape index (κ3) is 2.89. The lowest BCUT2D eigenvalue weighted by atomic mass is 9.97. The Morgan fingerprint density at radius 1 is 1.53 bits per heavy atom. The van der Waals surface area contributed by atoms with Gasteiger partial charge in [-0.05, 0) is 25.0 Å². The van der Waals surface area contributed by atoms with E-state index < -0.39 is 11.9 Å². The van der Waals surface area contributed by atoms with Crippen LogP contribution in [0.5, 0.6) is 0 Å². The maximum absolute atomic E-state index is 13.5. The molecule has 1 aliphatic heterocycles. The number of ether oxygens (including phenoxy) is 1. The van der Waals surface area contributed by atoms with Gasteiger partial charge in [0.15, 0.2) is 0 Å². The van der Waals surface area contributed by atoms with Crippen molar-refractivity contribution >= 4 is 11.9 Å². The molecule has 1 saturated heterocycles. The van der Waals surface area contributed by atoms with Gasteiger partial charge in [-0.2, -0.15) is 4.39 Å². The van der Waals surface area contributed by atoms with Crippen LogP contribution in [0.2, 0.25) is 0 Å². The molecule has 1 aromatic rings. The zero-order valence-electron chi connectivity index (χ0n) is 10.6. The number of nitrogens with zero attached hydrogens (tertiary/aromatic N) is 2. The van der Waals surface area contributed by atoms with Crippen molar-refractivity contribution < 1.29 is 18.7 Å². The summed E-state index contributed by atoms with van der Waals surface area (Å²) in [5, 5.41) is 0. The van der Waals surface area contributed by atoms with Crippen LogP contribution in [-0.2, 0) is 9.53 Å².